The van der Waals surface area contributed by atoms with E-state index in [0.29, 0.717) is 36.4 Å². The van der Waals surface area contributed by atoms with Gasteiger partial charge in [-0.15, -0.1) is 0 Å². The Morgan fingerprint density at radius 2 is 1.95 bits per heavy atom. The van der Waals surface area contributed by atoms with Gasteiger partial charge < -0.3 is 5.32 Å². The molecule has 110 valence electrons. The van der Waals surface area contributed by atoms with Crippen LogP contribution < -0.4 is 5.32 Å². The van der Waals surface area contributed by atoms with Crippen LogP contribution in [-0.4, -0.2) is 32.9 Å². The van der Waals surface area contributed by atoms with E-state index in [1.54, 1.807) is 16.4 Å². The van der Waals surface area contributed by atoms with Crippen molar-refractivity contribution < 1.29 is 8.42 Å². The molecule has 2 aliphatic rings. The second-order valence-electron chi connectivity index (χ2n) is 5.95. The average molecular weight is 294 g/mol. The molecule has 2 unspecified atom stereocenters. The van der Waals surface area contributed by atoms with E-state index in [0.717, 1.165) is 5.56 Å². The van der Waals surface area contributed by atoms with Gasteiger partial charge in [-0.25, -0.2) is 8.42 Å². The van der Waals surface area contributed by atoms with Crippen LogP contribution in [0, 0.1) is 11.8 Å². The molecule has 0 amide bonds. The third kappa shape index (κ3) is 2.50. The van der Waals surface area contributed by atoms with Crippen molar-refractivity contribution >= 4 is 10.0 Å². The number of hydrogen-bond donors (Lipinski definition) is 1. The van der Waals surface area contributed by atoms with Gasteiger partial charge in [-0.2, -0.15) is 4.31 Å². The van der Waals surface area contributed by atoms with Gasteiger partial charge in [0.1, 0.15) is 0 Å². The molecular weight excluding hydrogens is 272 g/mol. The first-order valence-electron chi connectivity index (χ1n) is 7.35. The van der Waals surface area contributed by atoms with Crippen molar-refractivity contribution in [2.45, 2.75) is 30.7 Å². The quantitative estimate of drug-likeness (QED) is 0.921. The predicted octanol–water partition coefficient (Wildman–Crippen LogP) is 1.83. The SMILES string of the molecule is CNCc1cccc(S(=O)(=O)N2CC3CCCC3C2)c1. The summed E-state index contributed by atoms with van der Waals surface area (Å²) < 4.78 is 27.1. The average Bonchev–Trinajstić information content (AvgIpc) is 3.00. The highest BCUT2D eigenvalue weighted by molar-refractivity contribution is 7.89. The van der Waals surface area contributed by atoms with E-state index in [1.165, 1.54) is 19.3 Å². The van der Waals surface area contributed by atoms with Crippen molar-refractivity contribution in [2.24, 2.45) is 11.8 Å². The number of nitrogens with one attached hydrogen (secondary N) is 1. The molecule has 1 saturated carbocycles. The predicted molar refractivity (Wildman–Crippen MR) is 78.8 cm³/mol. The number of hydrogen-bond acceptors (Lipinski definition) is 3. The van der Waals surface area contributed by atoms with Gasteiger partial charge in [-0.05, 0) is 49.4 Å². The summed E-state index contributed by atoms with van der Waals surface area (Å²) in [4.78, 5) is 0.435. The Kier molecular flexibility index (Phi) is 3.84. The van der Waals surface area contributed by atoms with Crippen LogP contribution in [0.15, 0.2) is 29.2 Å². The molecule has 0 bridgehead atoms. The first kappa shape index (κ1) is 14.0. The van der Waals surface area contributed by atoms with Crippen LogP contribution in [0.1, 0.15) is 24.8 Å². The van der Waals surface area contributed by atoms with Crippen LogP contribution in [0.5, 0.6) is 0 Å². The maximum Gasteiger partial charge on any atom is 0.243 e. The molecule has 1 aromatic carbocycles. The van der Waals surface area contributed by atoms with Gasteiger partial charge in [0.05, 0.1) is 4.90 Å². The first-order chi connectivity index (χ1) is 9.61. The molecule has 3 rings (SSSR count). The monoisotopic (exact) mass is 294 g/mol. The van der Waals surface area contributed by atoms with E-state index in [1.807, 2.05) is 19.2 Å². The lowest BCUT2D eigenvalue weighted by Gasteiger charge is -2.17. The lowest BCUT2D eigenvalue weighted by Crippen LogP contribution is -2.29. The topological polar surface area (TPSA) is 49.4 Å². The van der Waals surface area contributed by atoms with Crippen molar-refractivity contribution in [3.8, 4) is 0 Å². The summed E-state index contributed by atoms with van der Waals surface area (Å²) in [7, 11) is -1.45. The summed E-state index contributed by atoms with van der Waals surface area (Å²) in [6, 6.07) is 7.28. The van der Waals surface area contributed by atoms with Crippen LogP contribution in [-0.2, 0) is 16.6 Å². The molecule has 1 aromatic rings. The molecule has 5 heteroatoms. The van der Waals surface area contributed by atoms with Crippen LogP contribution in [0.25, 0.3) is 0 Å². The maximum absolute atomic E-state index is 12.7. The van der Waals surface area contributed by atoms with Gasteiger partial charge in [-0.1, -0.05) is 18.6 Å². The molecule has 0 aromatic heterocycles. The molecule has 20 heavy (non-hydrogen) atoms. The molecular formula is C15H22N2O2S. The summed E-state index contributed by atoms with van der Waals surface area (Å²) in [6.07, 6.45) is 3.65. The minimum atomic E-state index is -3.32. The van der Waals surface area contributed by atoms with E-state index in [-0.39, 0.29) is 0 Å². The lowest BCUT2D eigenvalue weighted by molar-refractivity contribution is 0.445. The minimum absolute atomic E-state index is 0.435. The zero-order valence-electron chi connectivity index (χ0n) is 11.9. The number of fused-ring (bicyclic) bond motifs is 1. The molecule has 1 aliphatic carbocycles. The summed E-state index contributed by atoms with van der Waals surface area (Å²) in [5.41, 5.74) is 1.01. The smallest absolute Gasteiger partial charge is 0.243 e. The summed E-state index contributed by atoms with van der Waals surface area (Å²) in [5, 5.41) is 3.06. The maximum atomic E-state index is 12.7. The molecule has 2 fully saturated rings. The van der Waals surface area contributed by atoms with Gasteiger partial charge in [0, 0.05) is 19.6 Å². The molecule has 1 aliphatic heterocycles. The summed E-state index contributed by atoms with van der Waals surface area (Å²) >= 11 is 0. The number of rotatable bonds is 4. The fraction of sp³-hybridized carbons (Fsp3) is 0.600. The van der Waals surface area contributed by atoms with Crippen molar-refractivity contribution in [1.29, 1.82) is 0 Å². The zero-order valence-corrected chi connectivity index (χ0v) is 12.7. The number of nitrogens with zero attached hydrogens (tertiary/aromatic N) is 1. The molecule has 1 N–H and O–H groups in total. The van der Waals surface area contributed by atoms with E-state index >= 15 is 0 Å². The zero-order chi connectivity index (χ0) is 14.2. The third-order valence-corrected chi connectivity index (χ3v) is 6.44. The normalized spacial score (nSPS) is 26.9. The lowest BCUT2D eigenvalue weighted by atomic mass is 10.0. The molecule has 0 radical (unpaired) electrons. The Bertz CT molecular complexity index is 573. The van der Waals surface area contributed by atoms with Crippen molar-refractivity contribution in [1.82, 2.24) is 9.62 Å². The van der Waals surface area contributed by atoms with Gasteiger partial charge in [-0.3, -0.25) is 0 Å². The van der Waals surface area contributed by atoms with Crippen LogP contribution >= 0.6 is 0 Å². The minimum Gasteiger partial charge on any atom is -0.316 e. The van der Waals surface area contributed by atoms with Crippen molar-refractivity contribution in [2.75, 3.05) is 20.1 Å². The molecule has 1 heterocycles. The molecule has 4 nitrogen and oxygen atoms in total. The Labute approximate surface area is 121 Å². The summed E-state index contributed by atoms with van der Waals surface area (Å²) in [5.74, 6) is 1.18. The highest BCUT2D eigenvalue weighted by Gasteiger charge is 2.41. The second kappa shape index (κ2) is 5.47. The third-order valence-electron chi connectivity index (χ3n) is 4.61. The molecule has 1 saturated heterocycles. The Balaban J connectivity index is 1.83. The molecule has 0 spiro atoms. The Morgan fingerprint density at radius 3 is 2.60 bits per heavy atom. The highest BCUT2D eigenvalue weighted by Crippen LogP contribution is 2.39. The first-order valence-corrected chi connectivity index (χ1v) is 8.79. The fourth-order valence-electron chi connectivity index (χ4n) is 3.56. The largest absolute Gasteiger partial charge is 0.316 e. The van der Waals surface area contributed by atoms with E-state index in [9.17, 15) is 8.42 Å². The highest BCUT2D eigenvalue weighted by atomic mass is 32.2. The van der Waals surface area contributed by atoms with Crippen LogP contribution in [0.2, 0.25) is 0 Å². The van der Waals surface area contributed by atoms with Gasteiger partial charge in [0.2, 0.25) is 10.0 Å². The number of benzene rings is 1. The summed E-state index contributed by atoms with van der Waals surface area (Å²) in [6.45, 7) is 2.11. The fourth-order valence-corrected chi connectivity index (χ4v) is 5.18. The van der Waals surface area contributed by atoms with Crippen LogP contribution in [0.3, 0.4) is 0 Å². The van der Waals surface area contributed by atoms with Gasteiger partial charge in [0.15, 0.2) is 0 Å². The molecule has 2 atom stereocenters. The van der Waals surface area contributed by atoms with Crippen molar-refractivity contribution in [3.63, 3.8) is 0 Å². The second-order valence-corrected chi connectivity index (χ2v) is 7.89. The standard InChI is InChI=1S/C15H22N2O2S/c1-16-9-12-4-2-7-15(8-12)20(18,19)17-10-13-5-3-6-14(13)11-17/h2,4,7-8,13-14,16H,3,5-6,9-11H2,1H3. The Morgan fingerprint density at radius 1 is 1.25 bits per heavy atom. The number of sulfonamides is 1. The van der Waals surface area contributed by atoms with E-state index in [2.05, 4.69) is 5.32 Å². The van der Waals surface area contributed by atoms with Crippen LogP contribution in [0.4, 0.5) is 0 Å². The van der Waals surface area contributed by atoms with Crippen molar-refractivity contribution in [3.05, 3.63) is 29.8 Å². The van der Waals surface area contributed by atoms with E-state index in [4.69, 9.17) is 0 Å². The van der Waals surface area contributed by atoms with E-state index < -0.39 is 10.0 Å². The Hall–Kier alpha value is -0.910. The van der Waals surface area contributed by atoms with Gasteiger partial charge in [0.25, 0.3) is 0 Å². The van der Waals surface area contributed by atoms with Gasteiger partial charge >= 0.3 is 0 Å².